The van der Waals surface area contributed by atoms with Crippen LogP contribution in [0, 0.1) is 12.8 Å². The van der Waals surface area contributed by atoms with E-state index < -0.39 is 0 Å². The maximum Gasteiger partial charge on any atom is 0.263 e. The van der Waals surface area contributed by atoms with Crippen molar-refractivity contribution in [2.24, 2.45) is 5.92 Å². The van der Waals surface area contributed by atoms with Gasteiger partial charge in [-0.3, -0.25) is 4.79 Å². The molecule has 5 heteroatoms. The minimum Gasteiger partial charge on any atom is -0.396 e. The van der Waals surface area contributed by atoms with Crippen molar-refractivity contribution < 1.29 is 9.90 Å². The monoisotopic (exact) mass is 317 g/mol. The molecule has 0 bridgehead atoms. The van der Waals surface area contributed by atoms with E-state index in [0.29, 0.717) is 5.92 Å². The predicted octanol–water partition coefficient (Wildman–Crippen LogP) is 2.66. The molecule has 1 unspecified atom stereocenters. The molecule has 1 aromatic heterocycles. The second-order valence-corrected chi connectivity index (χ2v) is 6.86. The Kier molecular flexibility index (Phi) is 4.22. The maximum absolute atomic E-state index is 12.2. The zero-order valence-electron chi connectivity index (χ0n) is 9.78. The fourth-order valence-corrected chi connectivity index (χ4v) is 3.66. The van der Waals surface area contributed by atoms with Crippen LogP contribution in [0.2, 0.25) is 0 Å². The van der Waals surface area contributed by atoms with Crippen molar-refractivity contribution in [3.8, 4) is 0 Å². The van der Waals surface area contributed by atoms with Gasteiger partial charge in [0.15, 0.2) is 0 Å². The van der Waals surface area contributed by atoms with Crippen LogP contribution in [-0.2, 0) is 0 Å². The van der Waals surface area contributed by atoms with E-state index in [9.17, 15) is 4.79 Å². The predicted molar refractivity (Wildman–Crippen MR) is 72.5 cm³/mol. The first-order valence-corrected chi connectivity index (χ1v) is 7.39. The van der Waals surface area contributed by atoms with Gasteiger partial charge in [0.1, 0.15) is 0 Å². The lowest BCUT2D eigenvalue weighted by Crippen LogP contribution is -2.28. The van der Waals surface area contributed by atoms with E-state index in [2.05, 4.69) is 15.9 Å². The minimum absolute atomic E-state index is 0.129. The molecule has 1 amide bonds. The van der Waals surface area contributed by atoms with Crippen molar-refractivity contribution in [2.75, 3.05) is 19.7 Å². The molecule has 0 saturated carbocycles. The van der Waals surface area contributed by atoms with Crippen molar-refractivity contribution in [3.63, 3.8) is 0 Å². The molecule has 1 aromatic rings. The SMILES string of the molecule is Cc1cc(C(=O)N2CCC(CCO)C2)sc1Br. The van der Waals surface area contributed by atoms with Gasteiger partial charge in [0.2, 0.25) is 0 Å². The number of halogens is 1. The lowest BCUT2D eigenvalue weighted by atomic mass is 10.1. The molecule has 1 atom stereocenters. The molecule has 0 aliphatic carbocycles. The highest BCUT2D eigenvalue weighted by Crippen LogP contribution is 2.30. The summed E-state index contributed by atoms with van der Waals surface area (Å²) in [5, 5.41) is 8.90. The Hall–Kier alpha value is -0.390. The molecule has 2 heterocycles. The number of rotatable bonds is 3. The summed E-state index contributed by atoms with van der Waals surface area (Å²) in [6.45, 7) is 3.82. The van der Waals surface area contributed by atoms with E-state index in [0.717, 1.165) is 40.2 Å². The number of hydrogen-bond donors (Lipinski definition) is 1. The first kappa shape index (κ1) is 13.1. The van der Waals surface area contributed by atoms with Crippen LogP contribution in [0.3, 0.4) is 0 Å². The van der Waals surface area contributed by atoms with Gasteiger partial charge in [-0.05, 0) is 53.2 Å². The Bertz CT molecular complexity index is 399. The van der Waals surface area contributed by atoms with E-state index in [1.165, 1.54) is 11.3 Å². The van der Waals surface area contributed by atoms with Gasteiger partial charge >= 0.3 is 0 Å². The van der Waals surface area contributed by atoms with Crippen LogP contribution in [0.5, 0.6) is 0 Å². The lowest BCUT2D eigenvalue weighted by molar-refractivity contribution is 0.0789. The number of aryl methyl sites for hydroxylation is 1. The van der Waals surface area contributed by atoms with Gasteiger partial charge < -0.3 is 10.0 Å². The molecule has 1 aliphatic rings. The van der Waals surface area contributed by atoms with E-state index in [4.69, 9.17) is 5.11 Å². The number of amides is 1. The summed E-state index contributed by atoms with van der Waals surface area (Å²) >= 11 is 4.94. The van der Waals surface area contributed by atoms with Crippen LogP contribution in [0.4, 0.5) is 0 Å². The topological polar surface area (TPSA) is 40.5 Å². The smallest absolute Gasteiger partial charge is 0.263 e. The van der Waals surface area contributed by atoms with Crippen molar-refractivity contribution in [1.82, 2.24) is 4.90 Å². The third kappa shape index (κ3) is 2.89. The van der Waals surface area contributed by atoms with E-state index in [1.807, 2.05) is 17.9 Å². The standard InChI is InChI=1S/C12H16BrNO2S/c1-8-6-10(17-11(8)13)12(16)14-4-2-9(7-14)3-5-15/h6,9,15H,2-5,7H2,1H3. The fraction of sp³-hybridized carbons (Fsp3) is 0.583. The van der Waals surface area contributed by atoms with Crippen LogP contribution < -0.4 is 0 Å². The number of aliphatic hydroxyl groups excluding tert-OH is 1. The molecular formula is C12H16BrNO2S. The molecule has 1 saturated heterocycles. The average molecular weight is 318 g/mol. The minimum atomic E-state index is 0.129. The van der Waals surface area contributed by atoms with Crippen LogP contribution >= 0.6 is 27.3 Å². The van der Waals surface area contributed by atoms with Gasteiger partial charge in [-0.1, -0.05) is 0 Å². The highest BCUT2D eigenvalue weighted by atomic mass is 79.9. The maximum atomic E-state index is 12.2. The van der Waals surface area contributed by atoms with Gasteiger partial charge in [0, 0.05) is 19.7 Å². The summed E-state index contributed by atoms with van der Waals surface area (Å²) in [6, 6.07) is 1.94. The summed E-state index contributed by atoms with van der Waals surface area (Å²) in [5.41, 5.74) is 1.12. The summed E-state index contributed by atoms with van der Waals surface area (Å²) in [7, 11) is 0. The summed E-state index contributed by atoms with van der Waals surface area (Å²) in [5.74, 6) is 0.595. The number of carbonyl (C=O) groups is 1. The zero-order chi connectivity index (χ0) is 12.4. The summed E-state index contributed by atoms with van der Waals surface area (Å²) in [4.78, 5) is 14.9. The molecule has 94 valence electrons. The van der Waals surface area contributed by atoms with Gasteiger partial charge in [-0.15, -0.1) is 11.3 Å². The number of aliphatic hydroxyl groups is 1. The highest BCUT2D eigenvalue weighted by molar-refractivity contribution is 9.11. The van der Waals surface area contributed by atoms with Gasteiger partial charge in [-0.25, -0.2) is 0 Å². The zero-order valence-corrected chi connectivity index (χ0v) is 12.2. The van der Waals surface area contributed by atoms with Crippen LogP contribution in [0.25, 0.3) is 0 Å². The average Bonchev–Trinajstić information content (AvgIpc) is 2.87. The van der Waals surface area contributed by atoms with Crippen LogP contribution in [0.1, 0.15) is 28.1 Å². The Morgan fingerprint density at radius 2 is 2.47 bits per heavy atom. The first-order valence-electron chi connectivity index (χ1n) is 5.78. The van der Waals surface area contributed by atoms with Crippen molar-refractivity contribution in [1.29, 1.82) is 0 Å². The Labute approximate surface area is 114 Å². The number of hydrogen-bond acceptors (Lipinski definition) is 3. The van der Waals surface area contributed by atoms with E-state index >= 15 is 0 Å². The Morgan fingerprint density at radius 3 is 3.06 bits per heavy atom. The lowest BCUT2D eigenvalue weighted by Gasteiger charge is -2.15. The summed E-state index contributed by atoms with van der Waals surface area (Å²) < 4.78 is 1.03. The normalized spacial score (nSPS) is 19.9. The second-order valence-electron chi connectivity index (χ2n) is 4.49. The molecule has 1 aliphatic heterocycles. The highest BCUT2D eigenvalue weighted by Gasteiger charge is 2.27. The van der Waals surface area contributed by atoms with Gasteiger partial charge in [0.25, 0.3) is 5.91 Å². The molecule has 2 rings (SSSR count). The number of nitrogens with zero attached hydrogens (tertiary/aromatic N) is 1. The third-order valence-electron chi connectivity index (χ3n) is 3.18. The number of carbonyl (C=O) groups excluding carboxylic acids is 1. The molecule has 0 spiro atoms. The molecule has 0 aromatic carbocycles. The van der Waals surface area contributed by atoms with E-state index in [1.54, 1.807) is 0 Å². The largest absolute Gasteiger partial charge is 0.396 e. The van der Waals surface area contributed by atoms with E-state index in [-0.39, 0.29) is 12.5 Å². The fourth-order valence-electron chi connectivity index (χ4n) is 2.16. The Balaban J connectivity index is 2.02. The molecule has 17 heavy (non-hydrogen) atoms. The van der Waals surface area contributed by atoms with Gasteiger partial charge in [-0.2, -0.15) is 0 Å². The molecule has 1 N–H and O–H groups in total. The second kappa shape index (κ2) is 5.50. The molecule has 1 fully saturated rings. The first-order chi connectivity index (χ1) is 8.11. The van der Waals surface area contributed by atoms with Crippen molar-refractivity contribution in [2.45, 2.75) is 19.8 Å². The third-order valence-corrected chi connectivity index (χ3v) is 5.30. The molecule has 3 nitrogen and oxygen atoms in total. The van der Waals surface area contributed by atoms with Crippen molar-refractivity contribution in [3.05, 3.63) is 20.3 Å². The number of likely N-dealkylation sites (tertiary alicyclic amines) is 1. The number of thiophene rings is 1. The molecule has 0 radical (unpaired) electrons. The van der Waals surface area contributed by atoms with Crippen molar-refractivity contribution >= 4 is 33.2 Å². The van der Waals surface area contributed by atoms with Crippen LogP contribution in [-0.4, -0.2) is 35.6 Å². The van der Waals surface area contributed by atoms with Crippen LogP contribution in [0.15, 0.2) is 9.85 Å². The quantitative estimate of drug-likeness (QED) is 0.931. The molecular weight excluding hydrogens is 302 g/mol. The summed E-state index contributed by atoms with van der Waals surface area (Å²) in [6.07, 6.45) is 1.81. The van der Waals surface area contributed by atoms with Gasteiger partial charge in [0.05, 0.1) is 8.66 Å². The Morgan fingerprint density at radius 1 is 1.71 bits per heavy atom.